The summed E-state index contributed by atoms with van der Waals surface area (Å²) in [6.45, 7) is 9.47. The molecule has 0 atom stereocenters. The topological polar surface area (TPSA) is 111 Å². The van der Waals surface area contributed by atoms with Crippen LogP contribution in [0.1, 0.15) is 34.6 Å². The van der Waals surface area contributed by atoms with Crippen molar-refractivity contribution in [1.82, 2.24) is 9.44 Å². The van der Waals surface area contributed by atoms with Gasteiger partial charge in [0.1, 0.15) is 0 Å². The van der Waals surface area contributed by atoms with E-state index in [4.69, 9.17) is 9.31 Å². The van der Waals surface area contributed by atoms with E-state index in [0.29, 0.717) is 5.46 Å². The summed E-state index contributed by atoms with van der Waals surface area (Å²) in [5.74, 6) is -0.327. The lowest BCUT2D eigenvalue weighted by Crippen LogP contribution is -2.41. The van der Waals surface area contributed by atoms with Crippen LogP contribution in [0.25, 0.3) is 0 Å². The minimum atomic E-state index is -3.81. The Balaban J connectivity index is 2.04. The molecule has 0 bridgehead atoms. The van der Waals surface area contributed by atoms with Crippen molar-refractivity contribution in [3.8, 4) is 0 Å². The Morgan fingerprint density at radius 1 is 0.926 bits per heavy atom. The van der Waals surface area contributed by atoms with Crippen LogP contribution < -0.4 is 14.9 Å². The SMILES string of the molecule is CCNS(=O)(=O)CCNS(=O)(=O)c1ccc(B2OC(C)(C)C(C)(C)O2)cc1. The minimum absolute atomic E-state index is 0.0450. The third kappa shape index (κ3) is 5.30. The Kier molecular flexibility index (Phi) is 6.45. The van der Waals surface area contributed by atoms with Gasteiger partial charge in [-0.3, -0.25) is 0 Å². The quantitative estimate of drug-likeness (QED) is 0.584. The first-order valence-electron chi connectivity index (χ1n) is 8.72. The first kappa shape index (κ1) is 22.3. The number of hydrogen-bond acceptors (Lipinski definition) is 6. The molecule has 8 nitrogen and oxygen atoms in total. The zero-order chi connectivity index (χ0) is 20.5. The second-order valence-electron chi connectivity index (χ2n) is 7.37. The molecule has 1 heterocycles. The molecule has 1 aromatic carbocycles. The van der Waals surface area contributed by atoms with Crippen molar-refractivity contribution in [3.05, 3.63) is 24.3 Å². The van der Waals surface area contributed by atoms with Gasteiger partial charge in [-0.1, -0.05) is 19.1 Å². The summed E-state index contributed by atoms with van der Waals surface area (Å²) in [7, 11) is -7.87. The molecular formula is C16H27BN2O6S2. The number of nitrogens with one attached hydrogen (secondary N) is 2. The fourth-order valence-electron chi connectivity index (χ4n) is 2.47. The summed E-state index contributed by atoms with van der Waals surface area (Å²) in [5.41, 5.74) is -0.258. The van der Waals surface area contributed by atoms with Gasteiger partial charge in [-0.25, -0.2) is 26.3 Å². The molecule has 0 amide bonds. The smallest absolute Gasteiger partial charge is 0.399 e. The van der Waals surface area contributed by atoms with Crippen LogP contribution >= 0.6 is 0 Å². The number of sulfonamides is 2. The maximum atomic E-state index is 12.3. The number of rotatable bonds is 8. The molecule has 0 aliphatic carbocycles. The third-order valence-electron chi connectivity index (χ3n) is 4.74. The summed E-state index contributed by atoms with van der Waals surface area (Å²) < 4.78 is 64.3. The van der Waals surface area contributed by atoms with E-state index in [2.05, 4.69) is 9.44 Å². The lowest BCUT2D eigenvalue weighted by molar-refractivity contribution is 0.00578. The Labute approximate surface area is 162 Å². The molecule has 0 spiro atoms. The first-order valence-corrected chi connectivity index (χ1v) is 11.9. The first-order chi connectivity index (χ1) is 12.3. The van der Waals surface area contributed by atoms with Gasteiger partial charge in [0.25, 0.3) is 0 Å². The molecule has 0 aromatic heterocycles. The molecular weight excluding hydrogens is 391 g/mol. The highest BCUT2D eigenvalue weighted by molar-refractivity contribution is 7.90. The Hall–Kier alpha value is -0.975. The standard InChI is InChI=1S/C16H27BN2O6S2/c1-6-18-26(20,21)12-11-19-27(22,23)14-9-7-13(8-10-14)17-24-15(2,3)16(4,5)25-17/h7-10,18-19H,6,11-12H2,1-5H3. The molecule has 1 aliphatic heterocycles. The summed E-state index contributed by atoms with van der Waals surface area (Å²) in [4.78, 5) is 0.0450. The van der Waals surface area contributed by atoms with Crippen molar-refractivity contribution in [1.29, 1.82) is 0 Å². The van der Waals surface area contributed by atoms with Crippen molar-refractivity contribution in [2.24, 2.45) is 0 Å². The summed E-state index contributed by atoms with van der Waals surface area (Å²) in [6, 6.07) is 6.15. The number of hydrogen-bond donors (Lipinski definition) is 2. The van der Waals surface area contributed by atoms with E-state index in [0.717, 1.165) is 0 Å². The molecule has 2 N–H and O–H groups in total. The van der Waals surface area contributed by atoms with Crippen molar-refractivity contribution in [2.45, 2.75) is 50.7 Å². The lowest BCUT2D eigenvalue weighted by atomic mass is 9.79. The van der Waals surface area contributed by atoms with Gasteiger partial charge in [0.05, 0.1) is 21.9 Å². The summed E-state index contributed by atoms with van der Waals surface area (Å²) >= 11 is 0. The molecule has 1 aliphatic rings. The van der Waals surface area contributed by atoms with Gasteiger partial charge < -0.3 is 9.31 Å². The second-order valence-corrected chi connectivity index (χ2v) is 11.1. The molecule has 0 unspecified atom stereocenters. The van der Waals surface area contributed by atoms with Crippen molar-refractivity contribution >= 4 is 32.6 Å². The summed E-state index contributed by atoms with van der Waals surface area (Å²) in [6.07, 6.45) is 0. The van der Waals surface area contributed by atoms with Crippen LogP contribution in [0.2, 0.25) is 0 Å². The second kappa shape index (κ2) is 7.80. The minimum Gasteiger partial charge on any atom is -0.399 e. The predicted molar refractivity (Wildman–Crippen MR) is 105 cm³/mol. The van der Waals surface area contributed by atoms with E-state index in [1.165, 1.54) is 12.1 Å². The summed E-state index contributed by atoms with van der Waals surface area (Å²) in [5, 5.41) is 0. The van der Waals surface area contributed by atoms with Crippen LogP contribution in [0.4, 0.5) is 0 Å². The van der Waals surface area contributed by atoms with Crippen LogP contribution in [0.3, 0.4) is 0 Å². The van der Waals surface area contributed by atoms with Crippen LogP contribution in [0.15, 0.2) is 29.2 Å². The normalized spacial score (nSPS) is 19.4. The largest absolute Gasteiger partial charge is 0.494 e. The van der Waals surface area contributed by atoms with E-state index in [1.807, 2.05) is 27.7 Å². The van der Waals surface area contributed by atoms with Crippen LogP contribution in [-0.2, 0) is 29.4 Å². The molecule has 0 saturated carbocycles. The molecule has 1 saturated heterocycles. The highest BCUT2D eigenvalue weighted by atomic mass is 32.2. The highest BCUT2D eigenvalue weighted by Gasteiger charge is 2.51. The third-order valence-corrected chi connectivity index (χ3v) is 7.69. The van der Waals surface area contributed by atoms with Crippen LogP contribution in [0, 0.1) is 0 Å². The van der Waals surface area contributed by atoms with Crippen LogP contribution in [0.5, 0.6) is 0 Å². The van der Waals surface area contributed by atoms with Crippen molar-refractivity contribution in [2.75, 3.05) is 18.8 Å². The van der Waals surface area contributed by atoms with Gasteiger partial charge >= 0.3 is 7.12 Å². The fourth-order valence-corrected chi connectivity index (χ4v) is 4.59. The van der Waals surface area contributed by atoms with Gasteiger partial charge in [0, 0.05) is 13.1 Å². The van der Waals surface area contributed by atoms with Gasteiger partial charge in [0.2, 0.25) is 20.0 Å². The maximum absolute atomic E-state index is 12.3. The van der Waals surface area contributed by atoms with Gasteiger partial charge in [0.15, 0.2) is 0 Å². The zero-order valence-electron chi connectivity index (χ0n) is 16.3. The molecule has 11 heteroatoms. The lowest BCUT2D eigenvalue weighted by Gasteiger charge is -2.32. The molecule has 0 radical (unpaired) electrons. The van der Waals surface area contributed by atoms with E-state index in [9.17, 15) is 16.8 Å². The Bertz CT molecular complexity index is 851. The highest BCUT2D eigenvalue weighted by Crippen LogP contribution is 2.36. The molecule has 27 heavy (non-hydrogen) atoms. The average Bonchev–Trinajstić information content (AvgIpc) is 2.75. The predicted octanol–water partition coefficient (Wildman–Crippen LogP) is 0.203. The van der Waals surface area contributed by atoms with E-state index in [-0.39, 0.29) is 23.7 Å². The van der Waals surface area contributed by atoms with Crippen molar-refractivity contribution < 1.29 is 26.1 Å². The maximum Gasteiger partial charge on any atom is 0.494 e. The van der Waals surface area contributed by atoms with Crippen molar-refractivity contribution in [3.63, 3.8) is 0 Å². The molecule has 1 aromatic rings. The van der Waals surface area contributed by atoms with Gasteiger partial charge in [-0.2, -0.15) is 0 Å². The molecule has 1 fully saturated rings. The van der Waals surface area contributed by atoms with E-state index in [1.54, 1.807) is 19.1 Å². The Morgan fingerprint density at radius 3 is 1.93 bits per heavy atom. The Morgan fingerprint density at radius 2 is 1.44 bits per heavy atom. The monoisotopic (exact) mass is 418 g/mol. The zero-order valence-corrected chi connectivity index (χ0v) is 17.9. The van der Waals surface area contributed by atoms with E-state index < -0.39 is 38.4 Å². The molecule has 2 rings (SSSR count). The van der Waals surface area contributed by atoms with Gasteiger partial charge in [-0.05, 0) is 45.3 Å². The molecule has 152 valence electrons. The van der Waals surface area contributed by atoms with Crippen LogP contribution in [-0.4, -0.2) is 54.0 Å². The average molecular weight is 418 g/mol. The number of benzene rings is 1. The van der Waals surface area contributed by atoms with Gasteiger partial charge in [-0.15, -0.1) is 0 Å². The fraction of sp³-hybridized carbons (Fsp3) is 0.625. The van der Waals surface area contributed by atoms with E-state index >= 15 is 0 Å².